The Labute approximate surface area is 181 Å². The molecule has 1 aromatic carbocycles. The fourth-order valence-electron chi connectivity index (χ4n) is 3.62. The predicted molar refractivity (Wildman–Crippen MR) is 122 cm³/mol. The monoisotopic (exact) mass is 442 g/mol. The zero-order valence-corrected chi connectivity index (χ0v) is 18.6. The number of rotatable bonds is 4. The van der Waals surface area contributed by atoms with Crippen LogP contribution in [0.5, 0.6) is 0 Å². The highest BCUT2D eigenvalue weighted by atomic mass is 35.5. The average Bonchev–Trinajstić information content (AvgIpc) is 3.10. The van der Waals surface area contributed by atoms with Crippen molar-refractivity contribution in [2.75, 3.05) is 5.43 Å². The van der Waals surface area contributed by atoms with E-state index in [9.17, 15) is 0 Å². The number of hydrazone groups is 1. The lowest BCUT2D eigenvalue weighted by molar-refractivity contribution is 0.365. The lowest BCUT2D eigenvalue weighted by atomic mass is 9.87. The zero-order chi connectivity index (χ0) is 19.2. The summed E-state index contributed by atoms with van der Waals surface area (Å²) in [6.07, 6.45) is 10.2. The number of nitrogens with zero attached hydrogens (tertiary/aromatic N) is 1. The van der Waals surface area contributed by atoms with Crippen molar-refractivity contribution < 1.29 is 0 Å². The molecule has 2 aliphatic rings. The van der Waals surface area contributed by atoms with Gasteiger partial charge in [0, 0.05) is 22.4 Å². The Morgan fingerprint density at radius 1 is 1.11 bits per heavy atom. The quantitative estimate of drug-likeness (QED) is 0.293. The van der Waals surface area contributed by atoms with Gasteiger partial charge in [0.2, 0.25) is 0 Å². The highest BCUT2D eigenvalue weighted by molar-refractivity contribution is 8.01. The molecule has 1 heterocycles. The maximum atomic E-state index is 6.20. The van der Waals surface area contributed by atoms with Crippen LogP contribution in [0.3, 0.4) is 0 Å². The van der Waals surface area contributed by atoms with Crippen molar-refractivity contribution in [3.63, 3.8) is 0 Å². The first-order chi connectivity index (χ1) is 13.0. The van der Waals surface area contributed by atoms with Crippen molar-refractivity contribution in [2.24, 2.45) is 11.0 Å². The van der Waals surface area contributed by atoms with Crippen molar-refractivity contribution in [3.8, 4) is 11.8 Å². The maximum Gasteiger partial charge on any atom is 0.0935 e. The van der Waals surface area contributed by atoms with Crippen molar-refractivity contribution in [1.29, 1.82) is 0 Å². The lowest BCUT2D eigenvalue weighted by Gasteiger charge is -2.18. The van der Waals surface area contributed by atoms with E-state index in [2.05, 4.69) is 22.4 Å². The molecule has 1 N–H and O–H groups in total. The minimum atomic E-state index is 0.385. The highest BCUT2D eigenvalue weighted by Crippen LogP contribution is 2.36. The molecular weight excluding hydrogens is 419 g/mol. The summed E-state index contributed by atoms with van der Waals surface area (Å²) < 4.78 is 0. The van der Waals surface area contributed by atoms with Gasteiger partial charge in [-0.15, -0.1) is 17.7 Å². The van der Waals surface area contributed by atoms with E-state index in [-0.39, 0.29) is 0 Å². The highest BCUT2D eigenvalue weighted by Gasteiger charge is 2.26. The Morgan fingerprint density at radius 3 is 2.52 bits per heavy atom. The number of thioether (sulfide) groups is 1. The average molecular weight is 444 g/mol. The second-order valence-electron chi connectivity index (χ2n) is 7.33. The van der Waals surface area contributed by atoms with Gasteiger partial charge in [-0.1, -0.05) is 60.0 Å². The van der Waals surface area contributed by atoms with Gasteiger partial charge in [0.05, 0.1) is 21.0 Å². The van der Waals surface area contributed by atoms with E-state index in [1.54, 1.807) is 12.1 Å². The number of hydrogen-bond acceptors (Lipinski definition) is 3. The minimum Gasteiger partial charge on any atom is -0.275 e. The van der Waals surface area contributed by atoms with Gasteiger partial charge in [0.1, 0.15) is 0 Å². The molecule has 0 bridgehead atoms. The molecule has 1 saturated heterocycles. The summed E-state index contributed by atoms with van der Waals surface area (Å²) in [6.45, 7) is 2.04. The minimum absolute atomic E-state index is 0.385. The number of anilines is 1. The third-order valence-electron chi connectivity index (χ3n) is 5.22. The summed E-state index contributed by atoms with van der Waals surface area (Å²) in [5, 5.41) is 6.76. The van der Waals surface area contributed by atoms with Crippen LogP contribution in [0.1, 0.15) is 58.3 Å². The zero-order valence-electron chi connectivity index (χ0n) is 15.5. The smallest absolute Gasteiger partial charge is 0.0935 e. The second kappa shape index (κ2) is 10.3. The van der Waals surface area contributed by atoms with E-state index < -0.39 is 0 Å². The Hall–Kier alpha value is -0.530. The van der Waals surface area contributed by atoms with Crippen LogP contribution in [0, 0.1) is 17.8 Å². The molecule has 0 spiro atoms. The molecule has 2 atom stereocenters. The predicted octanol–water partition coefficient (Wildman–Crippen LogP) is 7.67. The molecule has 27 heavy (non-hydrogen) atoms. The largest absolute Gasteiger partial charge is 0.275 e. The molecule has 6 heteroatoms. The molecule has 146 valence electrons. The fraction of sp³-hybridized carbons (Fsp3) is 0.571. The van der Waals surface area contributed by atoms with E-state index in [1.165, 1.54) is 32.1 Å². The summed E-state index contributed by atoms with van der Waals surface area (Å²) in [6, 6.07) is 3.31. The fourth-order valence-corrected chi connectivity index (χ4v) is 5.87. The first kappa shape index (κ1) is 21.2. The molecule has 3 rings (SSSR count). The van der Waals surface area contributed by atoms with Gasteiger partial charge >= 0.3 is 0 Å². The van der Waals surface area contributed by atoms with Crippen LogP contribution in [0.15, 0.2) is 17.2 Å². The molecule has 1 aliphatic carbocycles. The van der Waals surface area contributed by atoms with Crippen molar-refractivity contribution in [3.05, 3.63) is 27.2 Å². The summed E-state index contributed by atoms with van der Waals surface area (Å²) in [7, 11) is 0. The van der Waals surface area contributed by atoms with Crippen LogP contribution in [-0.2, 0) is 0 Å². The summed E-state index contributed by atoms with van der Waals surface area (Å²) in [4.78, 5) is 0. The third-order valence-corrected chi connectivity index (χ3v) is 7.62. The molecule has 1 aromatic rings. The third kappa shape index (κ3) is 6.23. The molecule has 2 nitrogen and oxygen atoms in total. The van der Waals surface area contributed by atoms with Crippen molar-refractivity contribution >= 4 is 58.0 Å². The van der Waals surface area contributed by atoms with Gasteiger partial charge in [-0.05, 0) is 50.7 Å². The Bertz CT molecular complexity index is 725. The standard InChI is InChI=1S/C21H25Cl3N2S/c1-14(25-26-21-18(23)12-16(22)13-19(21)24)20-11-10-17(27-20)9-5-8-15-6-3-2-4-7-15/h12-13,15,17,20,26H,2-4,6-8,10-11H2,1H3/b25-14+. The van der Waals surface area contributed by atoms with Crippen LogP contribution in [0.4, 0.5) is 5.69 Å². The van der Waals surface area contributed by atoms with Crippen LogP contribution in [0.25, 0.3) is 0 Å². The van der Waals surface area contributed by atoms with Gasteiger partial charge in [-0.25, -0.2) is 0 Å². The lowest BCUT2D eigenvalue weighted by Crippen LogP contribution is -2.12. The maximum absolute atomic E-state index is 6.20. The van der Waals surface area contributed by atoms with Gasteiger partial charge < -0.3 is 0 Å². The van der Waals surface area contributed by atoms with E-state index in [4.69, 9.17) is 34.8 Å². The van der Waals surface area contributed by atoms with Gasteiger partial charge in [-0.2, -0.15) is 5.10 Å². The molecule has 0 radical (unpaired) electrons. The summed E-state index contributed by atoms with van der Waals surface area (Å²) in [5.41, 5.74) is 4.63. The molecule has 2 fully saturated rings. The van der Waals surface area contributed by atoms with Gasteiger partial charge in [-0.3, -0.25) is 5.43 Å². The van der Waals surface area contributed by atoms with Crippen molar-refractivity contribution in [2.45, 2.75) is 68.8 Å². The Balaban J connectivity index is 1.51. The van der Waals surface area contributed by atoms with Gasteiger partial charge in [0.25, 0.3) is 0 Å². The number of nitrogens with one attached hydrogen (secondary N) is 1. The molecule has 1 aliphatic heterocycles. The SMILES string of the molecule is C/C(=N\Nc1c(Cl)cc(Cl)cc1Cl)C1CCC(C#CCC2CCCCC2)S1. The van der Waals surface area contributed by atoms with E-state index >= 15 is 0 Å². The van der Waals surface area contributed by atoms with Crippen LogP contribution >= 0.6 is 46.6 Å². The van der Waals surface area contributed by atoms with Crippen molar-refractivity contribution in [1.82, 2.24) is 0 Å². The summed E-state index contributed by atoms with van der Waals surface area (Å²) >= 11 is 20.3. The molecular formula is C21H25Cl3N2S. The molecule has 1 saturated carbocycles. The van der Waals surface area contributed by atoms with E-state index in [0.29, 0.717) is 31.3 Å². The topological polar surface area (TPSA) is 24.4 Å². The normalized spacial score (nSPS) is 23.8. The first-order valence-corrected chi connectivity index (χ1v) is 11.7. The number of benzene rings is 1. The molecule has 0 amide bonds. The van der Waals surface area contributed by atoms with Crippen LogP contribution in [0.2, 0.25) is 15.1 Å². The Kier molecular flexibility index (Phi) is 8.09. The van der Waals surface area contributed by atoms with Crippen LogP contribution in [-0.4, -0.2) is 16.2 Å². The first-order valence-electron chi connectivity index (χ1n) is 9.61. The van der Waals surface area contributed by atoms with Crippen LogP contribution < -0.4 is 5.43 Å². The number of hydrogen-bond donors (Lipinski definition) is 1. The second-order valence-corrected chi connectivity index (χ2v) is 9.99. The number of halogens is 3. The summed E-state index contributed by atoms with van der Waals surface area (Å²) in [5.74, 6) is 7.78. The van der Waals surface area contributed by atoms with E-state index in [0.717, 1.165) is 30.9 Å². The molecule has 2 unspecified atom stereocenters. The van der Waals surface area contributed by atoms with Gasteiger partial charge in [0.15, 0.2) is 0 Å². The Morgan fingerprint density at radius 2 is 1.81 bits per heavy atom. The molecule has 0 aromatic heterocycles. The van der Waals surface area contributed by atoms with E-state index in [1.807, 2.05) is 18.7 Å².